The summed E-state index contributed by atoms with van der Waals surface area (Å²) in [5, 5.41) is 0. The van der Waals surface area contributed by atoms with E-state index >= 15 is 0 Å². The van der Waals surface area contributed by atoms with Crippen LogP contribution in [0.2, 0.25) is 0 Å². The van der Waals surface area contributed by atoms with Gasteiger partial charge in [-0.1, -0.05) is 44.2 Å². The molecular weight excluding hydrogens is 176 g/mol. The first-order valence-electron chi connectivity index (χ1n) is 5.09. The molecule has 0 aromatic heterocycles. The fraction of sp³-hybridized carbons (Fsp3) is 0.500. The molecule has 1 aromatic carbocycles. The first kappa shape index (κ1) is 11.2. The lowest BCUT2D eigenvalue weighted by atomic mass is 9.99. The van der Waals surface area contributed by atoms with Crippen molar-refractivity contribution < 1.29 is 9.78 Å². The van der Waals surface area contributed by atoms with Crippen LogP contribution in [0.4, 0.5) is 0 Å². The molecule has 14 heavy (non-hydrogen) atoms. The Morgan fingerprint density at radius 3 is 2.29 bits per heavy atom. The van der Waals surface area contributed by atoms with Crippen molar-refractivity contribution in [3.8, 4) is 0 Å². The summed E-state index contributed by atoms with van der Waals surface area (Å²) in [6, 6.07) is 10.1. The molecule has 0 spiro atoms. The van der Waals surface area contributed by atoms with Crippen LogP contribution in [0.1, 0.15) is 32.4 Å². The van der Waals surface area contributed by atoms with E-state index in [-0.39, 0.29) is 6.10 Å². The average Bonchev–Trinajstić information content (AvgIpc) is 2.19. The first-order valence-corrected chi connectivity index (χ1v) is 5.09. The molecule has 0 heterocycles. The Bertz CT molecular complexity index is 244. The quantitative estimate of drug-likeness (QED) is 0.528. The van der Waals surface area contributed by atoms with Crippen molar-refractivity contribution in [2.45, 2.75) is 26.9 Å². The van der Waals surface area contributed by atoms with E-state index in [9.17, 15) is 0 Å². The maximum Gasteiger partial charge on any atom is 0.120 e. The highest BCUT2D eigenvalue weighted by Gasteiger charge is 2.16. The van der Waals surface area contributed by atoms with E-state index in [4.69, 9.17) is 9.78 Å². The minimum absolute atomic E-state index is 0.0242. The highest BCUT2D eigenvalue weighted by atomic mass is 17.2. The zero-order valence-corrected chi connectivity index (χ0v) is 9.07. The molecule has 2 nitrogen and oxygen atoms in total. The number of rotatable bonds is 5. The summed E-state index contributed by atoms with van der Waals surface area (Å²) in [6.45, 7) is 6.74. The van der Waals surface area contributed by atoms with E-state index in [1.54, 1.807) is 0 Å². The Kier molecular flexibility index (Phi) is 4.63. The summed E-state index contributed by atoms with van der Waals surface area (Å²) in [4.78, 5) is 10.4. The van der Waals surface area contributed by atoms with E-state index in [1.807, 2.05) is 25.1 Å². The topological polar surface area (TPSA) is 18.5 Å². The molecule has 0 saturated heterocycles. The van der Waals surface area contributed by atoms with Gasteiger partial charge in [-0.05, 0) is 18.4 Å². The zero-order chi connectivity index (χ0) is 10.4. The van der Waals surface area contributed by atoms with Crippen LogP contribution in [0.15, 0.2) is 30.3 Å². The molecule has 0 saturated carbocycles. The van der Waals surface area contributed by atoms with E-state index in [1.165, 1.54) is 0 Å². The van der Waals surface area contributed by atoms with Gasteiger partial charge in [-0.15, -0.1) is 0 Å². The largest absolute Gasteiger partial charge is 0.236 e. The van der Waals surface area contributed by atoms with Crippen molar-refractivity contribution in [2.75, 3.05) is 6.61 Å². The van der Waals surface area contributed by atoms with Gasteiger partial charge in [0.2, 0.25) is 0 Å². The second-order valence-electron chi connectivity index (χ2n) is 3.58. The second kappa shape index (κ2) is 5.78. The smallest absolute Gasteiger partial charge is 0.120 e. The van der Waals surface area contributed by atoms with Crippen LogP contribution in [0, 0.1) is 5.92 Å². The molecule has 1 atom stereocenters. The van der Waals surface area contributed by atoms with Gasteiger partial charge in [0.05, 0.1) is 6.61 Å². The maximum atomic E-state index is 5.34. The van der Waals surface area contributed by atoms with Crippen LogP contribution in [0.3, 0.4) is 0 Å². The lowest BCUT2D eigenvalue weighted by molar-refractivity contribution is -0.332. The summed E-state index contributed by atoms with van der Waals surface area (Å²) in [6.07, 6.45) is 0.0242. The van der Waals surface area contributed by atoms with Gasteiger partial charge in [0, 0.05) is 0 Å². The molecule has 2 heteroatoms. The molecule has 0 aliphatic carbocycles. The summed E-state index contributed by atoms with van der Waals surface area (Å²) in [5.74, 6) is 0.406. The molecule has 0 aliphatic heterocycles. The standard InChI is InChI=1S/C12H18O2/c1-4-13-14-12(10(2)3)11-8-6-5-7-9-11/h5-10,12H,4H2,1-3H3. The predicted octanol–water partition coefficient (Wildman–Crippen LogP) is 3.35. The Hall–Kier alpha value is -0.860. The first-order chi connectivity index (χ1) is 6.75. The van der Waals surface area contributed by atoms with Crippen molar-refractivity contribution in [3.63, 3.8) is 0 Å². The third-order valence-electron chi connectivity index (χ3n) is 2.02. The van der Waals surface area contributed by atoms with Gasteiger partial charge in [-0.25, -0.2) is 9.78 Å². The third-order valence-corrected chi connectivity index (χ3v) is 2.02. The fourth-order valence-corrected chi connectivity index (χ4v) is 1.34. The number of hydrogen-bond acceptors (Lipinski definition) is 2. The van der Waals surface area contributed by atoms with Gasteiger partial charge in [0.15, 0.2) is 0 Å². The van der Waals surface area contributed by atoms with Gasteiger partial charge in [-0.2, -0.15) is 0 Å². The van der Waals surface area contributed by atoms with E-state index in [2.05, 4.69) is 26.0 Å². The van der Waals surface area contributed by atoms with Gasteiger partial charge >= 0.3 is 0 Å². The van der Waals surface area contributed by atoms with Crippen LogP contribution < -0.4 is 0 Å². The Morgan fingerprint density at radius 2 is 1.79 bits per heavy atom. The zero-order valence-electron chi connectivity index (χ0n) is 9.07. The van der Waals surface area contributed by atoms with Gasteiger partial charge in [0.25, 0.3) is 0 Å². The molecule has 1 aromatic rings. The summed E-state index contributed by atoms with van der Waals surface area (Å²) in [5.41, 5.74) is 1.16. The lowest BCUT2D eigenvalue weighted by Crippen LogP contribution is -2.11. The van der Waals surface area contributed by atoms with Crippen molar-refractivity contribution >= 4 is 0 Å². The Balaban J connectivity index is 2.68. The molecule has 0 fully saturated rings. The van der Waals surface area contributed by atoms with E-state index < -0.39 is 0 Å². The highest BCUT2D eigenvalue weighted by Crippen LogP contribution is 2.25. The normalized spacial score (nSPS) is 13.1. The molecule has 0 bridgehead atoms. The Labute approximate surface area is 85.8 Å². The van der Waals surface area contributed by atoms with Crippen molar-refractivity contribution in [1.82, 2.24) is 0 Å². The minimum atomic E-state index is 0.0242. The van der Waals surface area contributed by atoms with Crippen molar-refractivity contribution in [1.29, 1.82) is 0 Å². The number of benzene rings is 1. The molecule has 0 radical (unpaired) electrons. The molecular formula is C12H18O2. The lowest BCUT2D eigenvalue weighted by Gasteiger charge is -2.19. The van der Waals surface area contributed by atoms with E-state index in [0.717, 1.165) is 5.56 Å². The number of hydrogen-bond donors (Lipinski definition) is 0. The summed E-state index contributed by atoms with van der Waals surface area (Å²) in [7, 11) is 0. The maximum absolute atomic E-state index is 5.34. The average molecular weight is 194 g/mol. The predicted molar refractivity (Wildman–Crippen MR) is 56.7 cm³/mol. The molecule has 0 N–H and O–H groups in total. The van der Waals surface area contributed by atoms with Gasteiger partial charge in [-0.3, -0.25) is 0 Å². The molecule has 1 unspecified atom stereocenters. The highest BCUT2D eigenvalue weighted by molar-refractivity contribution is 5.17. The molecule has 0 amide bonds. The SMILES string of the molecule is CCOOC(c1ccccc1)C(C)C. The fourth-order valence-electron chi connectivity index (χ4n) is 1.34. The van der Waals surface area contributed by atoms with Crippen LogP contribution in [-0.2, 0) is 9.78 Å². The summed E-state index contributed by atoms with van der Waals surface area (Å²) >= 11 is 0. The van der Waals surface area contributed by atoms with Crippen molar-refractivity contribution in [2.24, 2.45) is 5.92 Å². The monoisotopic (exact) mass is 194 g/mol. The molecule has 1 rings (SSSR count). The van der Waals surface area contributed by atoms with Crippen LogP contribution in [0.25, 0.3) is 0 Å². The van der Waals surface area contributed by atoms with E-state index in [0.29, 0.717) is 12.5 Å². The van der Waals surface area contributed by atoms with Gasteiger partial charge < -0.3 is 0 Å². The van der Waals surface area contributed by atoms with Crippen LogP contribution in [0.5, 0.6) is 0 Å². The Morgan fingerprint density at radius 1 is 1.14 bits per heavy atom. The van der Waals surface area contributed by atoms with Gasteiger partial charge in [0.1, 0.15) is 6.10 Å². The minimum Gasteiger partial charge on any atom is -0.236 e. The summed E-state index contributed by atoms with van der Waals surface area (Å²) < 4.78 is 0. The second-order valence-corrected chi connectivity index (χ2v) is 3.58. The van der Waals surface area contributed by atoms with Crippen LogP contribution >= 0.6 is 0 Å². The van der Waals surface area contributed by atoms with Crippen LogP contribution in [-0.4, -0.2) is 6.61 Å². The molecule has 78 valence electrons. The van der Waals surface area contributed by atoms with Crippen molar-refractivity contribution in [3.05, 3.63) is 35.9 Å². The third kappa shape index (κ3) is 3.13. The molecule has 0 aliphatic rings.